The summed E-state index contributed by atoms with van der Waals surface area (Å²) in [5.74, 6) is -0.455. The summed E-state index contributed by atoms with van der Waals surface area (Å²) in [6.45, 7) is 6.88. The Hall–Kier alpha value is -2.04. The van der Waals surface area contributed by atoms with Crippen molar-refractivity contribution in [1.82, 2.24) is 16.2 Å². The van der Waals surface area contributed by atoms with E-state index in [2.05, 4.69) is 29.3 Å². The molecular weight excluding hydrogens is 182 g/mol. The highest BCUT2D eigenvalue weighted by molar-refractivity contribution is 5.97. The first-order valence-electron chi connectivity index (χ1n) is 3.89. The lowest BCUT2D eigenvalue weighted by Crippen LogP contribution is -2.46. The van der Waals surface area contributed by atoms with E-state index in [0.717, 1.165) is 0 Å². The Morgan fingerprint density at radius 2 is 1.86 bits per heavy atom. The molecule has 3 amide bonds. The van der Waals surface area contributed by atoms with Crippen LogP contribution in [0.25, 0.3) is 0 Å². The predicted octanol–water partition coefficient (Wildman–Crippen LogP) is 0.245. The van der Waals surface area contributed by atoms with Crippen molar-refractivity contribution >= 4 is 11.9 Å². The number of hydrogen-bond acceptors (Lipinski definition) is 2. The van der Waals surface area contributed by atoms with Crippen LogP contribution in [-0.2, 0) is 4.79 Å². The molecule has 0 rings (SSSR count). The summed E-state index contributed by atoms with van der Waals surface area (Å²) < 4.78 is 0. The third kappa shape index (κ3) is 4.10. The van der Waals surface area contributed by atoms with Gasteiger partial charge in [0, 0.05) is 12.6 Å². The molecule has 0 unspecified atom stereocenters. The molecule has 3 N–H and O–H groups in total. The number of carbonyl (C=O) groups is 2. The minimum atomic E-state index is -0.500. The van der Waals surface area contributed by atoms with Crippen LogP contribution in [0.15, 0.2) is 37.0 Å². The number of amides is 3. The Balaban J connectivity index is 4.19. The maximum absolute atomic E-state index is 11.2. The van der Waals surface area contributed by atoms with E-state index in [1.54, 1.807) is 0 Å². The molecule has 0 aliphatic carbocycles. The zero-order valence-electron chi connectivity index (χ0n) is 7.96. The average Bonchev–Trinajstić information content (AvgIpc) is 2.21. The maximum Gasteiger partial charge on any atom is 0.333 e. The number of nitrogens with one attached hydrogen (secondary N) is 3. The highest BCUT2D eigenvalue weighted by atomic mass is 16.2. The third-order valence-electron chi connectivity index (χ3n) is 1.30. The monoisotopic (exact) mass is 195 g/mol. The number of carbonyl (C=O) groups excluding carboxylic acids is 2. The molecule has 0 fully saturated rings. The van der Waals surface area contributed by atoms with Crippen molar-refractivity contribution < 1.29 is 9.59 Å². The van der Waals surface area contributed by atoms with E-state index in [9.17, 15) is 9.59 Å². The summed E-state index contributed by atoms with van der Waals surface area (Å²) in [4.78, 5) is 21.9. The average molecular weight is 195 g/mol. The van der Waals surface area contributed by atoms with Crippen LogP contribution in [-0.4, -0.2) is 19.0 Å². The van der Waals surface area contributed by atoms with Crippen LogP contribution >= 0.6 is 0 Å². The highest BCUT2D eigenvalue weighted by Crippen LogP contribution is 1.94. The largest absolute Gasteiger partial charge is 0.340 e. The summed E-state index contributed by atoms with van der Waals surface area (Å²) in [5, 5.41) is 2.28. The Kier molecular flexibility index (Phi) is 5.53. The molecular formula is C9H13N3O2. The molecule has 76 valence electrons. The van der Waals surface area contributed by atoms with Crippen LogP contribution in [0.4, 0.5) is 4.79 Å². The number of urea groups is 1. The van der Waals surface area contributed by atoms with E-state index in [1.807, 2.05) is 0 Å². The van der Waals surface area contributed by atoms with Crippen molar-refractivity contribution in [3.05, 3.63) is 37.0 Å². The van der Waals surface area contributed by atoms with Crippen LogP contribution in [0, 0.1) is 0 Å². The maximum atomic E-state index is 11.2. The number of allylic oxidation sites excluding steroid dienone is 2. The lowest BCUT2D eigenvalue weighted by atomic mass is 10.2. The molecule has 0 aromatic rings. The Morgan fingerprint density at radius 1 is 1.21 bits per heavy atom. The molecule has 0 spiro atoms. The highest BCUT2D eigenvalue weighted by Gasteiger charge is 2.04. The van der Waals surface area contributed by atoms with Gasteiger partial charge in [0.2, 0.25) is 0 Å². The van der Waals surface area contributed by atoms with Gasteiger partial charge in [-0.2, -0.15) is 0 Å². The summed E-state index contributed by atoms with van der Waals surface area (Å²) in [7, 11) is 1.44. The molecule has 14 heavy (non-hydrogen) atoms. The standard InChI is InChI=1S/C9H13N3O2/c1-4-6-7(5-2)8(13)11-12-9(14)10-3/h4-6H,1-2H2,3H3,(H,11,13)(H2,10,12,14)/b7-6+. The van der Waals surface area contributed by atoms with E-state index in [-0.39, 0.29) is 0 Å². The van der Waals surface area contributed by atoms with Crippen LogP contribution in [0.1, 0.15) is 0 Å². The minimum absolute atomic E-state index is 0.316. The van der Waals surface area contributed by atoms with Gasteiger partial charge < -0.3 is 5.32 Å². The molecule has 0 aromatic carbocycles. The lowest BCUT2D eigenvalue weighted by Gasteiger charge is -2.06. The van der Waals surface area contributed by atoms with Crippen LogP contribution < -0.4 is 16.2 Å². The van der Waals surface area contributed by atoms with Crippen molar-refractivity contribution in [3.8, 4) is 0 Å². The van der Waals surface area contributed by atoms with Crippen molar-refractivity contribution in [1.29, 1.82) is 0 Å². The molecule has 0 atom stereocenters. The van der Waals surface area contributed by atoms with E-state index in [1.165, 1.54) is 25.3 Å². The topological polar surface area (TPSA) is 70.2 Å². The van der Waals surface area contributed by atoms with Gasteiger partial charge in [0.05, 0.1) is 0 Å². The van der Waals surface area contributed by atoms with E-state index in [4.69, 9.17) is 0 Å². The molecule has 0 aliphatic rings. The third-order valence-corrected chi connectivity index (χ3v) is 1.30. The zero-order valence-corrected chi connectivity index (χ0v) is 7.96. The zero-order chi connectivity index (χ0) is 11.0. The van der Waals surface area contributed by atoms with Crippen molar-refractivity contribution in [2.75, 3.05) is 7.05 Å². The molecule has 0 aromatic heterocycles. The predicted molar refractivity (Wildman–Crippen MR) is 54.2 cm³/mol. The smallest absolute Gasteiger partial charge is 0.333 e. The van der Waals surface area contributed by atoms with Crippen LogP contribution in [0.5, 0.6) is 0 Å². The van der Waals surface area contributed by atoms with Crippen molar-refractivity contribution in [3.63, 3.8) is 0 Å². The van der Waals surface area contributed by atoms with Crippen LogP contribution in [0.2, 0.25) is 0 Å². The lowest BCUT2D eigenvalue weighted by molar-refractivity contribution is -0.117. The molecule has 0 saturated heterocycles. The molecule has 0 aliphatic heterocycles. The number of hydrazine groups is 1. The van der Waals surface area contributed by atoms with Gasteiger partial charge in [-0.1, -0.05) is 31.4 Å². The summed E-state index contributed by atoms with van der Waals surface area (Å²) in [6, 6.07) is -0.500. The Labute approximate surface area is 82.5 Å². The van der Waals surface area contributed by atoms with Crippen molar-refractivity contribution in [2.24, 2.45) is 0 Å². The van der Waals surface area contributed by atoms with Gasteiger partial charge in [-0.25, -0.2) is 10.2 Å². The van der Waals surface area contributed by atoms with Crippen LogP contribution in [0.3, 0.4) is 0 Å². The summed E-state index contributed by atoms with van der Waals surface area (Å²) >= 11 is 0. The summed E-state index contributed by atoms with van der Waals surface area (Å²) in [6.07, 6.45) is 4.30. The molecule has 5 nitrogen and oxygen atoms in total. The van der Waals surface area contributed by atoms with Gasteiger partial charge in [-0.15, -0.1) is 0 Å². The van der Waals surface area contributed by atoms with Gasteiger partial charge in [0.1, 0.15) is 0 Å². The van der Waals surface area contributed by atoms with E-state index >= 15 is 0 Å². The quantitative estimate of drug-likeness (QED) is 0.343. The van der Waals surface area contributed by atoms with Gasteiger partial charge in [0.15, 0.2) is 0 Å². The number of hydrogen-bond donors (Lipinski definition) is 3. The molecule has 0 heterocycles. The van der Waals surface area contributed by atoms with Gasteiger partial charge >= 0.3 is 6.03 Å². The van der Waals surface area contributed by atoms with E-state index < -0.39 is 11.9 Å². The van der Waals surface area contributed by atoms with Crippen molar-refractivity contribution in [2.45, 2.75) is 0 Å². The molecule has 0 saturated carbocycles. The first-order chi connectivity index (χ1) is 6.65. The second-order valence-corrected chi connectivity index (χ2v) is 2.22. The fourth-order valence-corrected chi connectivity index (χ4v) is 0.612. The van der Waals surface area contributed by atoms with Gasteiger partial charge in [-0.3, -0.25) is 10.2 Å². The molecule has 0 radical (unpaired) electrons. The number of rotatable bonds is 3. The SMILES string of the molecule is C=C/C=C(\C=C)C(=O)NNC(=O)NC. The Morgan fingerprint density at radius 3 is 2.29 bits per heavy atom. The molecule has 5 heteroatoms. The van der Waals surface area contributed by atoms with Gasteiger partial charge in [-0.05, 0) is 0 Å². The minimum Gasteiger partial charge on any atom is -0.340 e. The first kappa shape index (κ1) is 12.0. The second-order valence-electron chi connectivity index (χ2n) is 2.22. The molecule has 0 bridgehead atoms. The fraction of sp³-hybridized carbons (Fsp3) is 0.111. The first-order valence-corrected chi connectivity index (χ1v) is 3.89. The normalized spacial score (nSPS) is 9.93. The summed E-state index contributed by atoms with van der Waals surface area (Å²) in [5.41, 5.74) is 4.63. The van der Waals surface area contributed by atoms with E-state index in [0.29, 0.717) is 5.57 Å². The fourth-order valence-electron chi connectivity index (χ4n) is 0.612. The Bertz CT molecular complexity index is 282. The second kappa shape index (κ2) is 6.47. The van der Waals surface area contributed by atoms with Gasteiger partial charge in [0.25, 0.3) is 5.91 Å².